The van der Waals surface area contributed by atoms with E-state index in [4.69, 9.17) is 0 Å². The van der Waals surface area contributed by atoms with Crippen molar-refractivity contribution in [1.82, 2.24) is 4.57 Å². The van der Waals surface area contributed by atoms with Crippen molar-refractivity contribution >= 4 is 64.7 Å². The summed E-state index contributed by atoms with van der Waals surface area (Å²) in [6.07, 6.45) is 9.13. The molecular weight excluding hydrogens is 565 g/mol. The van der Waals surface area contributed by atoms with Crippen molar-refractivity contribution in [3.05, 3.63) is 163 Å². The van der Waals surface area contributed by atoms with Gasteiger partial charge in [-0.1, -0.05) is 109 Å². The molecule has 1 aliphatic carbocycles. The molecule has 0 saturated heterocycles. The third-order valence-corrected chi connectivity index (χ3v) is 10.9. The lowest BCUT2D eigenvalue weighted by molar-refractivity contribution is 0.745. The van der Waals surface area contributed by atoms with Crippen molar-refractivity contribution in [2.45, 2.75) is 12.0 Å². The number of fused-ring (bicyclic) bond motifs is 10. The van der Waals surface area contributed by atoms with Gasteiger partial charge in [0.15, 0.2) is 0 Å². The van der Waals surface area contributed by atoms with Crippen LogP contribution in [0.1, 0.15) is 11.5 Å². The van der Waals surface area contributed by atoms with E-state index in [0.29, 0.717) is 5.92 Å². The number of rotatable bonds is 3. The van der Waals surface area contributed by atoms with Crippen molar-refractivity contribution in [1.29, 1.82) is 0 Å². The first-order valence-electron chi connectivity index (χ1n) is 15.6. The first-order chi connectivity index (χ1) is 22.3. The predicted molar refractivity (Wildman–Crippen MR) is 192 cm³/mol. The summed E-state index contributed by atoms with van der Waals surface area (Å²) in [4.78, 5) is 2.56. The first kappa shape index (κ1) is 25.0. The monoisotopic (exact) mass is 592 g/mol. The van der Waals surface area contributed by atoms with E-state index in [1.807, 2.05) is 11.3 Å². The Labute approximate surface area is 265 Å². The molecule has 2 aliphatic rings. The SMILES string of the molecule is C1=CC2c3ccc4c5ccccc5n(-c5ccc(-c6ccc7sc8ccccc8c7c6)cc5)c4c3N(c3ccccc3)C2C=C1. The minimum atomic E-state index is 0.245. The summed E-state index contributed by atoms with van der Waals surface area (Å²) >= 11 is 1.87. The van der Waals surface area contributed by atoms with E-state index in [0.717, 1.165) is 0 Å². The molecule has 0 bridgehead atoms. The molecule has 0 fully saturated rings. The number of allylic oxidation sites excluding steroid dienone is 2. The van der Waals surface area contributed by atoms with Crippen molar-refractivity contribution in [3.63, 3.8) is 0 Å². The highest BCUT2D eigenvalue weighted by Gasteiger charge is 2.39. The zero-order valence-electron chi connectivity index (χ0n) is 24.5. The molecule has 212 valence electrons. The van der Waals surface area contributed by atoms with Crippen LogP contribution in [0.15, 0.2) is 158 Å². The molecule has 45 heavy (non-hydrogen) atoms. The van der Waals surface area contributed by atoms with E-state index < -0.39 is 0 Å². The second-order valence-corrected chi connectivity index (χ2v) is 13.2. The fourth-order valence-corrected chi connectivity index (χ4v) is 8.81. The number of hydrogen-bond acceptors (Lipinski definition) is 2. The molecule has 0 radical (unpaired) electrons. The van der Waals surface area contributed by atoms with Gasteiger partial charge in [0.1, 0.15) is 0 Å². The van der Waals surface area contributed by atoms with Crippen LogP contribution in [0.3, 0.4) is 0 Å². The summed E-state index contributed by atoms with van der Waals surface area (Å²) < 4.78 is 5.17. The molecule has 2 unspecified atom stereocenters. The first-order valence-corrected chi connectivity index (χ1v) is 16.4. The van der Waals surface area contributed by atoms with Gasteiger partial charge in [0.2, 0.25) is 0 Å². The Hall–Kier alpha value is -5.38. The van der Waals surface area contributed by atoms with Crippen LogP contribution < -0.4 is 4.90 Å². The maximum atomic E-state index is 2.56. The summed E-state index contributed by atoms with van der Waals surface area (Å²) in [5.41, 5.74) is 10.1. The molecule has 0 spiro atoms. The molecule has 3 heterocycles. The van der Waals surface area contributed by atoms with Crippen LogP contribution >= 0.6 is 11.3 Å². The lowest BCUT2D eigenvalue weighted by Crippen LogP contribution is -2.28. The zero-order valence-corrected chi connectivity index (χ0v) is 25.3. The van der Waals surface area contributed by atoms with Gasteiger partial charge < -0.3 is 9.47 Å². The van der Waals surface area contributed by atoms with Crippen LogP contribution in [0.2, 0.25) is 0 Å². The van der Waals surface area contributed by atoms with Crippen LogP contribution in [-0.4, -0.2) is 10.6 Å². The lowest BCUT2D eigenvalue weighted by atomic mass is 9.91. The average molecular weight is 593 g/mol. The Bertz CT molecular complexity index is 2500. The molecule has 0 N–H and O–H groups in total. The molecule has 2 nitrogen and oxygen atoms in total. The highest BCUT2D eigenvalue weighted by Crippen LogP contribution is 2.52. The van der Waals surface area contributed by atoms with Gasteiger partial charge in [-0.2, -0.15) is 0 Å². The minimum absolute atomic E-state index is 0.245. The topological polar surface area (TPSA) is 8.17 Å². The Morgan fingerprint density at radius 2 is 1.24 bits per heavy atom. The number of benzene rings is 6. The molecule has 0 saturated carbocycles. The summed E-state index contributed by atoms with van der Waals surface area (Å²) in [5.74, 6) is 0.312. The van der Waals surface area contributed by atoms with Crippen molar-refractivity contribution < 1.29 is 0 Å². The van der Waals surface area contributed by atoms with Crippen LogP contribution in [0.25, 0.3) is 58.8 Å². The number of anilines is 2. The molecule has 6 aromatic carbocycles. The third-order valence-electron chi connectivity index (χ3n) is 9.72. The van der Waals surface area contributed by atoms with E-state index >= 15 is 0 Å². The van der Waals surface area contributed by atoms with E-state index in [-0.39, 0.29) is 6.04 Å². The van der Waals surface area contributed by atoms with Crippen molar-refractivity contribution in [2.75, 3.05) is 4.90 Å². The second kappa shape index (κ2) is 9.56. The molecule has 10 rings (SSSR count). The summed E-state index contributed by atoms with van der Waals surface area (Å²) in [6, 6.07) is 49.5. The van der Waals surface area contributed by atoms with E-state index in [9.17, 15) is 0 Å². The Balaban J connectivity index is 1.19. The lowest BCUT2D eigenvalue weighted by Gasteiger charge is -2.29. The van der Waals surface area contributed by atoms with Crippen LogP contribution in [-0.2, 0) is 0 Å². The van der Waals surface area contributed by atoms with E-state index in [1.165, 1.54) is 75.7 Å². The molecular formula is C42H28N2S. The average Bonchev–Trinajstić information content (AvgIpc) is 3.76. The largest absolute Gasteiger partial charge is 0.332 e. The smallest absolute Gasteiger partial charge is 0.0782 e. The van der Waals surface area contributed by atoms with Crippen LogP contribution in [0.4, 0.5) is 11.4 Å². The quantitative estimate of drug-likeness (QED) is 0.198. The molecule has 0 amide bonds. The zero-order chi connectivity index (χ0) is 29.5. The van der Waals surface area contributed by atoms with E-state index in [1.54, 1.807) is 0 Å². The van der Waals surface area contributed by atoms with Gasteiger partial charge in [-0.3, -0.25) is 0 Å². The Kier molecular flexibility index (Phi) is 5.31. The second-order valence-electron chi connectivity index (χ2n) is 12.1. The Morgan fingerprint density at radius 3 is 2.13 bits per heavy atom. The van der Waals surface area contributed by atoms with Crippen molar-refractivity contribution in [2.24, 2.45) is 0 Å². The summed E-state index contributed by atoms with van der Waals surface area (Å²) in [7, 11) is 0. The standard InChI is InChI=1S/C42H28N2S/c1-2-10-29(11-3-1)43-37-15-7-4-12-31(37)34-23-24-35-32-13-5-8-16-38(32)44(42(35)41(34)43)30-21-18-27(19-22-30)28-20-25-40-36(26-28)33-14-6-9-17-39(33)45-40/h1-26,31,37H. The highest BCUT2D eigenvalue weighted by atomic mass is 32.1. The fraction of sp³-hybridized carbons (Fsp3) is 0.0476. The number of hydrogen-bond donors (Lipinski definition) is 0. The molecule has 3 heteroatoms. The molecule has 2 aromatic heterocycles. The normalized spacial score (nSPS) is 17.1. The van der Waals surface area contributed by atoms with Gasteiger partial charge >= 0.3 is 0 Å². The maximum absolute atomic E-state index is 2.56. The molecule has 1 aliphatic heterocycles. The van der Waals surface area contributed by atoms with Crippen LogP contribution in [0.5, 0.6) is 0 Å². The molecule has 8 aromatic rings. The summed E-state index contributed by atoms with van der Waals surface area (Å²) in [6.45, 7) is 0. The van der Waals surface area contributed by atoms with Gasteiger partial charge in [-0.05, 0) is 65.2 Å². The van der Waals surface area contributed by atoms with Gasteiger partial charge in [0.25, 0.3) is 0 Å². The third kappa shape index (κ3) is 3.62. The number of nitrogens with zero attached hydrogens (tertiary/aromatic N) is 2. The van der Waals surface area contributed by atoms with Gasteiger partial charge in [0.05, 0.1) is 22.8 Å². The fourth-order valence-electron chi connectivity index (χ4n) is 7.72. The Morgan fingerprint density at radius 1 is 0.511 bits per heavy atom. The predicted octanol–water partition coefficient (Wildman–Crippen LogP) is 11.5. The van der Waals surface area contributed by atoms with Crippen molar-refractivity contribution in [3.8, 4) is 16.8 Å². The minimum Gasteiger partial charge on any atom is -0.332 e. The number of thiophene rings is 1. The summed E-state index contributed by atoms with van der Waals surface area (Å²) in [5, 5.41) is 5.24. The van der Waals surface area contributed by atoms with Crippen LogP contribution in [0, 0.1) is 0 Å². The number of para-hydroxylation sites is 2. The van der Waals surface area contributed by atoms with Gasteiger partial charge in [-0.15, -0.1) is 11.3 Å². The van der Waals surface area contributed by atoms with Gasteiger partial charge in [0, 0.05) is 48.2 Å². The molecule has 2 atom stereocenters. The number of aromatic nitrogens is 1. The maximum Gasteiger partial charge on any atom is 0.0782 e. The van der Waals surface area contributed by atoms with E-state index in [2.05, 4.69) is 167 Å². The highest BCUT2D eigenvalue weighted by molar-refractivity contribution is 7.25. The van der Waals surface area contributed by atoms with Gasteiger partial charge in [-0.25, -0.2) is 0 Å².